The van der Waals surface area contributed by atoms with Crippen molar-refractivity contribution in [2.45, 2.75) is 96.8 Å². The van der Waals surface area contributed by atoms with Gasteiger partial charge in [0.05, 0.1) is 50.1 Å². The minimum Gasteiger partial charge on any atom is -0.453 e. The van der Waals surface area contributed by atoms with Crippen LogP contribution in [-0.4, -0.2) is 93.8 Å². The van der Waals surface area contributed by atoms with Crippen LogP contribution >= 0.6 is 0 Å². The number of aromatic amines is 2. The number of methoxy groups -OCH3 is 2. The molecule has 0 bridgehead atoms. The number of benzene rings is 2. The lowest BCUT2D eigenvalue weighted by atomic mass is 9.92. The molecule has 298 valence electrons. The fraction of sp³-hybridized carbons (Fsp3) is 0.512. The first-order valence-electron chi connectivity index (χ1n) is 20.2. The van der Waals surface area contributed by atoms with Crippen LogP contribution in [0, 0.1) is 11.8 Å². The Morgan fingerprint density at radius 2 is 1.32 bits per heavy atom. The molecule has 0 saturated carbocycles. The third kappa shape index (κ3) is 8.05. The standard InChI is InChI=1S/C43H56N8O5/c1-25(2)35(48-42(53)55-5)24-50-20-8-12-36(50)39-45-23-34(47-39)32-19-18-29(30-10-7-11-31(30)32)27-14-16-28(17-15-27)33-22-44-40(46-33)37-13-9-21-51(37)41(52)38(26(3)4)49-43(54)56-6/h14-19,22-23,25-26,35-38H,7-13,20-21,24H2,1-6H3,(H,44,46)(H,45,47)(H,48,53)(H,49,54). The summed E-state index contributed by atoms with van der Waals surface area (Å²) in [6.45, 7) is 10.4. The van der Waals surface area contributed by atoms with Gasteiger partial charge >= 0.3 is 12.2 Å². The molecule has 56 heavy (non-hydrogen) atoms. The third-order valence-corrected chi connectivity index (χ3v) is 11.9. The minimum atomic E-state index is -0.674. The van der Waals surface area contributed by atoms with E-state index in [1.54, 1.807) is 0 Å². The molecule has 2 saturated heterocycles. The SMILES string of the molecule is COC(=O)NC(CN1CCCC1c1ncc(-c2ccc(-c3ccc(-c4cnc(C5CCCN5C(=O)C(NC(=O)OC)C(C)C)[nH]4)cc3)c3c2CCC3)[nH]1)C(C)C. The van der Waals surface area contributed by atoms with Crippen molar-refractivity contribution < 1.29 is 23.9 Å². The molecule has 2 aromatic carbocycles. The number of ether oxygens (including phenoxy) is 2. The van der Waals surface area contributed by atoms with E-state index in [9.17, 15) is 14.4 Å². The number of carbonyl (C=O) groups excluding carboxylic acids is 3. The van der Waals surface area contributed by atoms with Crippen LogP contribution in [0.4, 0.5) is 9.59 Å². The molecule has 4 unspecified atom stereocenters. The molecular weight excluding hydrogens is 709 g/mol. The Morgan fingerprint density at radius 3 is 2.02 bits per heavy atom. The van der Waals surface area contributed by atoms with Crippen LogP contribution in [0.2, 0.25) is 0 Å². The Morgan fingerprint density at radius 1 is 0.732 bits per heavy atom. The summed E-state index contributed by atoms with van der Waals surface area (Å²) in [7, 11) is 2.71. The van der Waals surface area contributed by atoms with Gasteiger partial charge in [0, 0.05) is 24.7 Å². The highest BCUT2D eigenvalue weighted by Crippen LogP contribution is 2.40. The number of imidazole rings is 2. The van der Waals surface area contributed by atoms with Crippen molar-refractivity contribution in [2.24, 2.45) is 11.8 Å². The Hall–Kier alpha value is -5.17. The van der Waals surface area contributed by atoms with Crippen LogP contribution < -0.4 is 10.6 Å². The minimum absolute atomic E-state index is 0.0127. The first-order valence-corrected chi connectivity index (χ1v) is 20.2. The van der Waals surface area contributed by atoms with Crippen LogP contribution in [0.3, 0.4) is 0 Å². The maximum atomic E-state index is 13.6. The average Bonchev–Trinajstić information content (AvgIpc) is 4.05. The van der Waals surface area contributed by atoms with Crippen molar-refractivity contribution in [1.29, 1.82) is 0 Å². The van der Waals surface area contributed by atoms with Gasteiger partial charge in [-0.1, -0.05) is 64.1 Å². The molecule has 4 atom stereocenters. The highest BCUT2D eigenvalue weighted by Gasteiger charge is 2.38. The third-order valence-electron chi connectivity index (χ3n) is 11.9. The molecule has 0 radical (unpaired) electrons. The lowest BCUT2D eigenvalue weighted by Gasteiger charge is -2.30. The Labute approximate surface area is 329 Å². The van der Waals surface area contributed by atoms with E-state index in [0.29, 0.717) is 6.54 Å². The van der Waals surface area contributed by atoms with E-state index in [1.165, 1.54) is 42.0 Å². The van der Waals surface area contributed by atoms with Gasteiger partial charge in [0.25, 0.3) is 0 Å². The van der Waals surface area contributed by atoms with E-state index in [0.717, 1.165) is 86.6 Å². The van der Waals surface area contributed by atoms with E-state index in [4.69, 9.17) is 19.4 Å². The summed E-state index contributed by atoms with van der Waals surface area (Å²) in [6, 6.07) is 12.4. The van der Waals surface area contributed by atoms with Crippen molar-refractivity contribution in [3.05, 3.63) is 71.6 Å². The second-order valence-corrected chi connectivity index (χ2v) is 16.1. The number of alkyl carbamates (subject to hydrolysis) is 2. The quantitative estimate of drug-likeness (QED) is 0.118. The number of likely N-dealkylation sites (tertiary alicyclic amines) is 2. The first kappa shape index (κ1) is 39.1. The molecule has 3 aliphatic rings. The van der Waals surface area contributed by atoms with Gasteiger partial charge in [0.2, 0.25) is 5.91 Å². The number of hydrogen-bond donors (Lipinski definition) is 4. The van der Waals surface area contributed by atoms with Crippen molar-refractivity contribution in [3.8, 4) is 33.6 Å². The molecule has 2 aliphatic heterocycles. The van der Waals surface area contributed by atoms with Gasteiger partial charge in [-0.2, -0.15) is 0 Å². The van der Waals surface area contributed by atoms with Crippen LogP contribution in [0.1, 0.15) is 94.7 Å². The zero-order chi connectivity index (χ0) is 39.5. The number of fused-ring (bicyclic) bond motifs is 1. The van der Waals surface area contributed by atoms with Crippen LogP contribution in [-0.2, 0) is 27.1 Å². The molecule has 7 rings (SSSR count). The van der Waals surface area contributed by atoms with Gasteiger partial charge in [-0.15, -0.1) is 0 Å². The molecule has 4 heterocycles. The fourth-order valence-electron chi connectivity index (χ4n) is 8.79. The van der Waals surface area contributed by atoms with E-state index in [-0.39, 0.29) is 35.9 Å². The van der Waals surface area contributed by atoms with Crippen LogP contribution in [0.5, 0.6) is 0 Å². The van der Waals surface area contributed by atoms with E-state index < -0.39 is 18.2 Å². The van der Waals surface area contributed by atoms with Crippen molar-refractivity contribution in [1.82, 2.24) is 40.4 Å². The average molecular weight is 765 g/mol. The fourth-order valence-corrected chi connectivity index (χ4v) is 8.79. The first-order chi connectivity index (χ1) is 27.1. The van der Waals surface area contributed by atoms with Gasteiger partial charge in [-0.3, -0.25) is 9.69 Å². The summed E-state index contributed by atoms with van der Waals surface area (Å²) in [6.07, 6.45) is 9.79. The van der Waals surface area contributed by atoms with Gasteiger partial charge in [0.1, 0.15) is 17.7 Å². The largest absolute Gasteiger partial charge is 0.453 e. The predicted molar refractivity (Wildman–Crippen MR) is 215 cm³/mol. The van der Waals surface area contributed by atoms with Crippen LogP contribution in [0.25, 0.3) is 33.6 Å². The molecular formula is C43H56N8O5. The van der Waals surface area contributed by atoms with Gasteiger partial charge in [-0.25, -0.2) is 19.6 Å². The van der Waals surface area contributed by atoms with Gasteiger partial charge in [0.15, 0.2) is 0 Å². The molecule has 13 heteroatoms. The number of aromatic nitrogens is 4. The maximum Gasteiger partial charge on any atom is 0.407 e. The number of hydrogen-bond acceptors (Lipinski definition) is 8. The van der Waals surface area contributed by atoms with Crippen molar-refractivity contribution >= 4 is 18.1 Å². The maximum absolute atomic E-state index is 13.6. The van der Waals surface area contributed by atoms with Gasteiger partial charge in [-0.05, 0) is 91.1 Å². The Kier molecular flexibility index (Phi) is 11.8. The number of amides is 3. The summed E-state index contributed by atoms with van der Waals surface area (Å²) >= 11 is 0. The summed E-state index contributed by atoms with van der Waals surface area (Å²) in [4.78, 5) is 58.7. The normalized spacial score (nSPS) is 19.3. The second-order valence-electron chi connectivity index (χ2n) is 16.1. The topological polar surface area (TPSA) is 158 Å². The molecule has 13 nitrogen and oxygen atoms in total. The number of nitrogens with zero attached hydrogens (tertiary/aromatic N) is 4. The summed E-state index contributed by atoms with van der Waals surface area (Å²) < 4.78 is 9.67. The molecule has 3 amide bonds. The van der Waals surface area contributed by atoms with E-state index in [1.807, 2.05) is 31.1 Å². The monoisotopic (exact) mass is 764 g/mol. The van der Waals surface area contributed by atoms with Crippen molar-refractivity contribution in [3.63, 3.8) is 0 Å². The van der Waals surface area contributed by atoms with E-state index >= 15 is 0 Å². The zero-order valence-corrected chi connectivity index (χ0v) is 33.5. The Bertz CT molecular complexity index is 2020. The Balaban J connectivity index is 1.05. The number of rotatable bonds is 12. The molecule has 2 fully saturated rings. The zero-order valence-electron chi connectivity index (χ0n) is 33.5. The predicted octanol–water partition coefficient (Wildman–Crippen LogP) is 7.18. The molecule has 4 N–H and O–H groups in total. The van der Waals surface area contributed by atoms with E-state index in [2.05, 4.69) is 75.7 Å². The van der Waals surface area contributed by atoms with Gasteiger partial charge < -0.3 is 35.0 Å². The number of carbonyl (C=O) groups is 3. The molecule has 0 spiro atoms. The lowest BCUT2D eigenvalue weighted by molar-refractivity contribution is -0.135. The number of nitrogens with one attached hydrogen (secondary N) is 4. The summed E-state index contributed by atoms with van der Waals surface area (Å²) in [5.74, 6) is 1.79. The van der Waals surface area contributed by atoms with Crippen molar-refractivity contribution in [2.75, 3.05) is 33.9 Å². The van der Waals surface area contributed by atoms with Crippen LogP contribution in [0.15, 0.2) is 48.8 Å². The number of H-pyrrole nitrogens is 2. The second kappa shape index (κ2) is 16.9. The molecule has 4 aromatic rings. The summed E-state index contributed by atoms with van der Waals surface area (Å²) in [5.41, 5.74) is 9.43. The lowest BCUT2D eigenvalue weighted by Crippen LogP contribution is -2.51. The highest BCUT2D eigenvalue weighted by molar-refractivity contribution is 5.86. The molecule has 1 aliphatic carbocycles. The smallest absolute Gasteiger partial charge is 0.407 e. The molecule has 2 aromatic heterocycles. The highest BCUT2D eigenvalue weighted by atomic mass is 16.5. The summed E-state index contributed by atoms with van der Waals surface area (Å²) in [5, 5.41) is 5.74.